The van der Waals surface area contributed by atoms with Gasteiger partial charge in [-0.1, -0.05) is 33.6 Å². The molecule has 0 atom stereocenters. The summed E-state index contributed by atoms with van der Waals surface area (Å²) >= 11 is 0. The second-order valence-electron chi connectivity index (χ2n) is 7.05. The molecule has 1 aromatic heterocycles. The highest BCUT2D eigenvalue weighted by molar-refractivity contribution is 5.22. The molecule has 0 amide bonds. The molecule has 0 saturated heterocycles. The van der Waals surface area contributed by atoms with E-state index in [0.717, 1.165) is 19.5 Å². The Morgan fingerprint density at radius 2 is 2.05 bits per heavy atom. The Hall–Kier alpha value is -0.830. The molecule has 3 nitrogen and oxygen atoms in total. The normalized spacial score (nSPS) is 21.9. The van der Waals surface area contributed by atoms with Crippen LogP contribution in [0.4, 0.5) is 0 Å². The summed E-state index contributed by atoms with van der Waals surface area (Å²) in [6, 6.07) is 0. The van der Waals surface area contributed by atoms with E-state index in [1.807, 2.05) is 0 Å². The molecule has 1 saturated carbocycles. The van der Waals surface area contributed by atoms with Gasteiger partial charge in [0.2, 0.25) is 0 Å². The van der Waals surface area contributed by atoms with Crippen LogP contribution in [-0.2, 0) is 19.5 Å². The van der Waals surface area contributed by atoms with Crippen molar-refractivity contribution in [1.29, 1.82) is 0 Å². The minimum Gasteiger partial charge on any atom is -0.331 e. The molecule has 0 radical (unpaired) electrons. The lowest BCUT2D eigenvalue weighted by Gasteiger charge is -2.28. The summed E-state index contributed by atoms with van der Waals surface area (Å²) in [4.78, 5) is 4.92. The molecular formula is C16H27N3. The number of aromatic nitrogens is 2. The smallest absolute Gasteiger partial charge is 0.111 e. The van der Waals surface area contributed by atoms with E-state index in [9.17, 15) is 0 Å². The number of nitrogens with one attached hydrogen (secondary N) is 1. The lowest BCUT2D eigenvalue weighted by Crippen LogP contribution is -2.28. The summed E-state index contributed by atoms with van der Waals surface area (Å²) in [6.45, 7) is 10.3. The fourth-order valence-corrected chi connectivity index (χ4v) is 3.78. The van der Waals surface area contributed by atoms with Gasteiger partial charge in [0.15, 0.2) is 0 Å². The fraction of sp³-hybridized carbons (Fsp3) is 0.812. The molecule has 2 heterocycles. The van der Waals surface area contributed by atoms with Crippen molar-refractivity contribution in [2.24, 2.45) is 5.41 Å². The van der Waals surface area contributed by atoms with Crippen molar-refractivity contribution < 1.29 is 0 Å². The van der Waals surface area contributed by atoms with Crippen molar-refractivity contribution in [3.63, 3.8) is 0 Å². The van der Waals surface area contributed by atoms with Gasteiger partial charge in [-0.15, -0.1) is 0 Å². The molecule has 0 aromatic carbocycles. The molecule has 0 spiro atoms. The van der Waals surface area contributed by atoms with Crippen LogP contribution < -0.4 is 5.32 Å². The van der Waals surface area contributed by atoms with Crippen molar-refractivity contribution in [2.45, 2.75) is 71.9 Å². The van der Waals surface area contributed by atoms with Crippen LogP contribution in [-0.4, -0.2) is 16.1 Å². The van der Waals surface area contributed by atoms with E-state index < -0.39 is 0 Å². The quantitative estimate of drug-likeness (QED) is 0.905. The molecule has 2 aliphatic rings. The van der Waals surface area contributed by atoms with Crippen molar-refractivity contribution >= 4 is 0 Å². The number of rotatable bonds is 3. The molecular weight excluding hydrogens is 234 g/mol. The maximum atomic E-state index is 4.92. The van der Waals surface area contributed by atoms with Gasteiger partial charge in [0.25, 0.3) is 0 Å². The molecule has 3 rings (SSSR count). The van der Waals surface area contributed by atoms with Gasteiger partial charge >= 0.3 is 0 Å². The fourth-order valence-electron chi connectivity index (χ4n) is 3.78. The van der Waals surface area contributed by atoms with Gasteiger partial charge in [0.05, 0.1) is 5.69 Å². The SMILES string of the molecule is CC(C)c1nc2c(n1CC1(C)CCCC1)CCNC2. The largest absolute Gasteiger partial charge is 0.331 e. The first-order chi connectivity index (χ1) is 9.09. The maximum absolute atomic E-state index is 4.92. The lowest BCUT2D eigenvalue weighted by atomic mass is 9.88. The molecule has 106 valence electrons. The van der Waals surface area contributed by atoms with E-state index in [0.29, 0.717) is 11.3 Å². The van der Waals surface area contributed by atoms with Crippen LogP contribution in [0, 0.1) is 5.41 Å². The molecule has 0 bridgehead atoms. The van der Waals surface area contributed by atoms with Gasteiger partial charge < -0.3 is 9.88 Å². The molecule has 0 unspecified atom stereocenters. The second-order valence-corrected chi connectivity index (χ2v) is 7.05. The van der Waals surface area contributed by atoms with E-state index in [-0.39, 0.29) is 0 Å². The van der Waals surface area contributed by atoms with Gasteiger partial charge in [-0.2, -0.15) is 0 Å². The van der Waals surface area contributed by atoms with Crippen LogP contribution in [0.2, 0.25) is 0 Å². The third kappa shape index (κ3) is 2.45. The predicted molar refractivity (Wildman–Crippen MR) is 78.3 cm³/mol. The Morgan fingerprint density at radius 1 is 1.32 bits per heavy atom. The van der Waals surface area contributed by atoms with E-state index in [2.05, 4.69) is 30.7 Å². The van der Waals surface area contributed by atoms with E-state index >= 15 is 0 Å². The van der Waals surface area contributed by atoms with Crippen LogP contribution >= 0.6 is 0 Å². The van der Waals surface area contributed by atoms with Gasteiger partial charge in [0, 0.05) is 37.7 Å². The summed E-state index contributed by atoms with van der Waals surface area (Å²) in [7, 11) is 0. The van der Waals surface area contributed by atoms with Gasteiger partial charge in [0.1, 0.15) is 5.82 Å². The first-order valence-electron chi connectivity index (χ1n) is 7.88. The number of hydrogen-bond acceptors (Lipinski definition) is 2. The standard InChI is InChI=1S/C16H27N3/c1-12(2)15-18-13-10-17-9-6-14(13)19(15)11-16(3)7-4-5-8-16/h12,17H,4-11H2,1-3H3. The zero-order valence-corrected chi connectivity index (χ0v) is 12.6. The summed E-state index contributed by atoms with van der Waals surface area (Å²) in [5.41, 5.74) is 3.32. The maximum Gasteiger partial charge on any atom is 0.111 e. The number of hydrogen-bond donors (Lipinski definition) is 1. The first kappa shape index (κ1) is 13.2. The molecule has 19 heavy (non-hydrogen) atoms. The molecule has 1 N–H and O–H groups in total. The minimum atomic E-state index is 0.503. The average Bonchev–Trinajstić information content (AvgIpc) is 2.95. The predicted octanol–water partition coefficient (Wildman–Crippen LogP) is 3.23. The highest BCUT2D eigenvalue weighted by atomic mass is 15.1. The van der Waals surface area contributed by atoms with Crippen LogP contribution in [0.5, 0.6) is 0 Å². The first-order valence-corrected chi connectivity index (χ1v) is 7.88. The third-order valence-electron chi connectivity index (χ3n) is 4.88. The Morgan fingerprint density at radius 3 is 2.74 bits per heavy atom. The van der Waals surface area contributed by atoms with E-state index in [1.54, 1.807) is 0 Å². The molecule has 3 heteroatoms. The Bertz CT molecular complexity index is 453. The van der Waals surface area contributed by atoms with Crippen LogP contribution in [0.15, 0.2) is 0 Å². The molecule has 1 fully saturated rings. The van der Waals surface area contributed by atoms with Gasteiger partial charge in [-0.25, -0.2) is 4.98 Å². The third-order valence-corrected chi connectivity index (χ3v) is 4.88. The molecule has 1 aromatic rings. The van der Waals surface area contributed by atoms with Crippen molar-refractivity contribution in [2.75, 3.05) is 6.54 Å². The van der Waals surface area contributed by atoms with Gasteiger partial charge in [-0.05, 0) is 18.3 Å². The second kappa shape index (κ2) is 4.93. The van der Waals surface area contributed by atoms with Crippen LogP contribution in [0.25, 0.3) is 0 Å². The molecule has 1 aliphatic carbocycles. The van der Waals surface area contributed by atoms with E-state index in [4.69, 9.17) is 4.98 Å². The van der Waals surface area contributed by atoms with Gasteiger partial charge in [-0.3, -0.25) is 0 Å². The highest BCUT2D eigenvalue weighted by Gasteiger charge is 2.32. The molecule has 1 aliphatic heterocycles. The lowest BCUT2D eigenvalue weighted by molar-refractivity contribution is 0.272. The number of nitrogens with zero attached hydrogens (tertiary/aromatic N) is 2. The minimum absolute atomic E-state index is 0.503. The average molecular weight is 261 g/mol. The highest BCUT2D eigenvalue weighted by Crippen LogP contribution is 2.40. The van der Waals surface area contributed by atoms with Crippen molar-refractivity contribution in [1.82, 2.24) is 14.9 Å². The number of imidazole rings is 1. The van der Waals surface area contributed by atoms with Crippen molar-refractivity contribution in [3.8, 4) is 0 Å². The Labute approximate surface area is 116 Å². The zero-order valence-electron chi connectivity index (χ0n) is 12.6. The summed E-state index contributed by atoms with van der Waals surface area (Å²) < 4.78 is 2.58. The topological polar surface area (TPSA) is 29.9 Å². The van der Waals surface area contributed by atoms with Crippen LogP contribution in [0.3, 0.4) is 0 Å². The monoisotopic (exact) mass is 261 g/mol. The Kier molecular flexibility index (Phi) is 3.42. The van der Waals surface area contributed by atoms with Crippen molar-refractivity contribution in [3.05, 3.63) is 17.2 Å². The summed E-state index contributed by atoms with van der Waals surface area (Å²) in [5.74, 6) is 1.83. The summed E-state index contributed by atoms with van der Waals surface area (Å²) in [5, 5.41) is 3.45. The van der Waals surface area contributed by atoms with E-state index in [1.165, 1.54) is 49.4 Å². The zero-order chi connectivity index (χ0) is 13.5. The Balaban J connectivity index is 1.95. The summed E-state index contributed by atoms with van der Waals surface area (Å²) in [6.07, 6.45) is 6.73. The number of fused-ring (bicyclic) bond motifs is 1. The van der Waals surface area contributed by atoms with Crippen LogP contribution in [0.1, 0.15) is 69.6 Å².